The van der Waals surface area contributed by atoms with Gasteiger partial charge in [0.25, 0.3) is 0 Å². The molecule has 0 aromatic heterocycles. The summed E-state index contributed by atoms with van der Waals surface area (Å²) in [5, 5.41) is 8.01. The van der Waals surface area contributed by atoms with Crippen LogP contribution in [0.25, 0.3) is 50.4 Å². The summed E-state index contributed by atoms with van der Waals surface area (Å²) in [6, 6.07) is 43.0. The largest absolute Gasteiger partial charge is 0.334 e. The van der Waals surface area contributed by atoms with E-state index in [4.69, 9.17) is 0 Å². The van der Waals surface area contributed by atoms with E-state index >= 15 is 0 Å². The number of benzene rings is 6. The lowest BCUT2D eigenvalue weighted by Gasteiger charge is -2.33. The second-order valence-electron chi connectivity index (χ2n) is 13.5. The molecule has 0 N–H and O–H groups in total. The molecule has 0 saturated heterocycles. The molecule has 0 bridgehead atoms. The van der Waals surface area contributed by atoms with Crippen molar-refractivity contribution in [1.82, 2.24) is 0 Å². The summed E-state index contributed by atoms with van der Waals surface area (Å²) < 4.78 is 0. The number of hydrogen-bond donors (Lipinski definition) is 0. The van der Waals surface area contributed by atoms with Crippen molar-refractivity contribution in [1.29, 1.82) is 0 Å². The van der Waals surface area contributed by atoms with E-state index in [1.54, 1.807) is 0 Å². The molecule has 230 valence electrons. The van der Waals surface area contributed by atoms with E-state index < -0.39 is 0 Å². The third-order valence-electron chi connectivity index (χ3n) is 10.5. The van der Waals surface area contributed by atoms with E-state index in [1.807, 2.05) is 0 Å². The van der Waals surface area contributed by atoms with Gasteiger partial charge in [0.15, 0.2) is 0 Å². The van der Waals surface area contributed by atoms with Crippen molar-refractivity contribution in [3.8, 4) is 11.1 Å². The van der Waals surface area contributed by atoms with Gasteiger partial charge in [-0.05, 0) is 135 Å². The number of aryl methyl sites for hydroxylation is 2. The van der Waals surface area contributed by atoms with Crippen LogP contribution in [0, 0.1) is 19.8 Å². The first-order valence-electron chi connectivity index (χ1n) is 17.0. The Morgan fingerprint density at radius 3 is 2.00 bits per heavy atom. The van der Waals surface area contributed by atoms with Gasteiger partial charge in [-0.2, -0.15) is 0 Å². The fourth-order valence-corrected chi connectivity index (χ4v) is 7.76. The molecule has 2 aliphatic carbocycles. The van der Waals surface area contributed by atoms with Gasteiger partial charge in [-0.3, -0.25) is 0 Å². The lowest BCUT2D eigenvalue weighted by atomic mass is 9.84. The van der Waals surface area contributed by atoms with Crippen LogP contribution in [-0.2, 0) is 0 Å². The van der Waals surface area contributed by atoms with Gasteiger partial charge in [0, 0.05) is 11.4 Å². The predicted octanol–water partition coefficient (Wildman–Crippen LogP) is 10.8. The van der Waals surface area contributed by atoms with Crippen LogP contribution in [0.3, 0.4) is 0 Å². The number of rotatable bonds is 5. The molecule has 6 aromatic carbocycles. The molecular formula is C46H41N. The van der Waals surface area contributed by atoms with Crippen molar-refractivity contribution >= 4 is 50.6 Å². The minimum absolute atomic E-state index is 0.181. The summed E-state index contributed by atoms with van der Waals surface area (Å²) in [6.45, 7) is 9.05. The van der Waals surface area contributed by atoms with E-state index in [1.165, 1.54) is 82.3 Å². The molecule has 1 heteroatoms. The molecule has 8 rings (SSSR count). The van der Waals surface area contributed by atoms with Crippen molar-refractivity contribution in [3.05, 3.63) is 160 Å². The van der Waals surface area contributed by atoms with Crippen LogP contribution < -0.4 is 15.3 Å². The molecule has 2 aliphatic rings. The Balaban J connectivity index is 1.23. The normalized spacial score (nSPS) is 17.4. The maximum absolute atomic E-state index is 2.53. The second kappa shape index (κ2) is 11.9. The Morgan fingerprint density at radius 1 is 0.596 bits per heavy atom. The Bertz CT molecular complexity index is 2350. The van der Waals surface area contributed by atoms with Gasteiger partial charge in [-0.15, -0.1) is 0 Å². The molecular weight excluding hydrogens is 567 g/mol. The standard InChI is InChI=1S/C46H41N/c1-30-11-9-13-37(27-30)47(38-25-26-44-42-16-6-5-14-40(42)41-15-7-8-17-43(41)46(44)29-38)36-23-21-34(22-24-36)35-20-19-32(3)45(28-35)39-18-10-12-31(2)33(39)4/h5-11,13-24,26-29,31,38H,12,25H2,1-4H3. The highest BCUT2D eigenvalue weighted by Crippen LogP contribution is 2.37. The number of fused-ring (bicyclic) bond motifs is 6. The van der Waals surface area contributed by atoms with Crippen LogP contribution in [0.2, 0.25) is 0 Å². The Hall–Kier alpha value is -5.14. The molecule has 6 aromatic rings. The lowest BCUT2D eigenvalue weighted by Crippen LogP contribution is -2.38. The van der Waals surface area contributed by atoms with E-state index in [2.05, 4.69) is 172 Å². The molecule has 0 amide bonds. The smallest absolute Gasteiger partial charge is 0.0566 e. The predicted molar refractivity (Wildman–Crippen MR) is 203 cm³/mol. The highest BCUT2D eigenvalue weighted by molar-refractivity contribution is 6.08. The zero-order valence-corrected chi connectivity index (χ0v) is 27.8. The lowest BCUT2D eigenvalue weighted by molar-refractivity contribution is 0.690. The van der Waals surface area contributed by atoms with Gasteiger partial charge >= 0.3 is 0 Å². The zero-order chi connectivity index (χ0) is 32.1. The van der Waals surface area contributed by atoms with Crippen LogP contribution in [-0.4, -0.2) is 6.04 Å². The SMILES string of the molecule is CC1=C(c2cc(-c3ccc(N(c4cccc(C)c4)C4C=c5c(c6ccccc6c6ccccc56)=CC4)cc3)ccc2C)C=CCC1C. The van der Waals surface area contributed by atoms with Gasteiger partial charge in [-0.1, -0.05) is 122 Å². The summed E-state index contributed by atoms with van der Waals surface area (Å²) in [5.74, 6) is 0.586. The van der Waals surface area contributed by atoms with Crippen molar-refractivity contribution < 1.29 is 0 Å². The van der Waals surface area contributed by atoms with Crippen molar-refractivity contribution in [2.75, 3.05) is 4.90 Å². The van der Waals surface area contributed by atoms with E-state index in [-0.39, 0.29) is 6.04 Å². The molecule has 0 fully saturated rings. The number of hydrogen-bond acceptors (Lipinski definition) is 1. The van der Waals surface area contributed by atoms with Crippen LogP contribution in [0.4, 0.5) is 11.4 Å². The van der Waals surface area contributed by atoms with Gasteiger partial charge < -0.3 is 4.90 Å². The number of nitrogens with zero attached hydrogens (tertiary/aromatic N) is 1. The summed E-state index contributed by atoms with van der Waals surface area (Å²) >= 11 is 0. The molecule has 0 heterocycles. The van der Waals surface area contributed by atoms with Crippen LogP contribution in [0.5, 0.6) is 0 Å². The maximum atomic E-state index is 2.53. The van der Waals surface area contributed by atoms with E-state index in [9.17, 15) is 0 Å². The first kappa shape index (κ1) is 29.3. The molecule has 2 unspecified atom stereocenters. The number of allylic oxidation sites excluding steroid dienone is 4. The van der Waals surface area contributed by atoms with Crippen LogP contribution in [0.1, 0.15) is 43.4 Å². The van der Waals surface area contributed by atoms with Crippen molar-refractivity contribution in [3.63, 3.8) is 0 Å². The Kier molecular flexibility index (Phi) is 7.41. The van der Waals surface area contributed by atoms with Gasteiger partial charge in [0.1, 0.15) is 0 Å². The van der Waals surface area contributed by atoms with Crippen molar-refractivity contribution in [2.45, 2.75) is 46.6 Å². The molecule has 0 spiro atoms. The first-order valence-corrected chi connectivity index (χ1v) is 17.0. The first-order chi connectivity index (χ1) is 23.0. The minimum atomic E-state index is 0.181. The average Bonchev–Trinajstić information content (AvgIpc) is 3.10. The fourth-order valence-electron chi connectivity index (χ4n) is 7.76. The molecule has 1 nitrogen and oxygen atoms in total. The molecule has 0 aliphatic heterocycles. The average molecular weight is 608 g/mol. The summed E-state index contributed by atoms with van der Waals surface area (Å²) in [4.78, 5) is 2.53. The van der Waals surface area contributed by atoms with E-state index in [0.717, 1.165) is 12.8 Å². The summed E-state index contributed by atoms with van der Waals surface area (Å²) in [6.07, 6.45) is 11.7. The second-order valence-corrected chi connectivity index (χ2v) is 13.5. The minimum Gasteiger partial charge on any atom is -0.334 e. The third kappa shape index (κ3) is 5.21. The number of anilines is 2. The fraction of sp³-hybridized carbons (Fsp3) is 0.174. The van der Waals surface area contributed by atoms with Crippen LogP contribution in [0.15, 0.2) is 133 Å². The zero-order valence-electron chi connectivity index (χ0n) is 27.8. The van der Waals surface area contributed by atoms with Crippen LogP contribution >= 0.6 is 0 Å². The maximum Gasteiger partial charge on any atom is 0.0566 e. The summed E-state index contributed by atoms with van der Waals surface area (Å²) in [7, 11) is 0. The molecule has 47 heavy (non-hydrogen) atoms. The Labute approximate surface area is 278 Å². The molecule has 2 atom stereocenters. The highest BCUT2D eigenvalue weighted by atomic mass is 15.2. The molecule has 0 saturated carbocycles. The van der Waals surface area contributed by atoms with Crippen molar-refractivity contribution in [2.24, 2.45) is 5.92 Å². The monoisotopic (exact) mass is 607 g/mol. The van der Waals surface area contributed by atoms with Gasteiger partial charge in [-0.25, -0.2) is 0 Å². The van der Waals surface area contributed by atoms with Gasteiger partial charge in [0.05, 0.1) is 6.04 Å². The van der Waals surface area contributed by atoms with E-state index in [0.29, 0.717) is 5.92 Å². The highest BCUT2D eigenvalue weighted by Gasteiger charge is 2.22. The summed E-state index contributed by atoms with van der Waals surface area (Å²) in [5.41, 5.74) is 11.7. The third-order valence-corrected chi connectivity index (χ3v) is 10.5. The van der Waals surface area contributed by atoms with Gasteiger partial charge in [0.2, 0.25) is 0 Å². The molecule has 0 radical (unpaired) electrons. The quantitative estimate of drug-likeness (QED) is 0.176. The topological polar surface area (TPSA) is 3.24 Å². The Morgan fingerprint density at radius 2 is 1.28 bits per heavy atom.